The van der Waals surface area contributed by atoms with Crippen molar-refractivity contribution >= 4 is 35.8 Å². The third kappa shape index (κ3) is 9.07. The second-order valence-corrected chi connectivity index (χ2v) is 7.02. The number of carbonyl (C=O) groups is 1. The maximum Gasteiger partial charge on any atom is 0.243 e. The number of nitrogens with one attached hydrogen (secondary N) is 2. The van der Waals surface area contributed by atoms with Gasteiger partial charge in [-0.3, -0.25) is 4.79 Å². The summed E-state index contributed by atoms with van der Waals surface area (Å²) in [6, 6.07) is 7.54. The van der Waals surface area contributed by atoms with E-state index in [1.807, 2.05) is 31.2 Å². The fourth-order valence-corrected chi connectivity index (χ4v) is 2.66. The molecular weight excluding hydrogens is 487 g/mol. The van der Waals surface area contributed by atoms with Crippen molar-refractivity contribution in [1.82, 2.24) is 15.5 Å². The van der Waals surface area contributed by atoms with Crippen LogP contribution in [-0.2, 0) is 9.53 Å². The summed E-state index contributed by atoms with van der Waals surface area (Å²) in [6.07, 6.45) is 0.909. The van der Waals surface area contributed by atoms with Gasteiger partial charge in [-0.15, -0.1) is 24.0 Å². The Hall–Kier alpha value is -1.75. The molecule has 1 heterocycles. The van der Waals surface area contributed by atoms with Crippen molar-refractivity contribution in [3.63, 3.8) is 0 Å². The third-order valence-corrected chi connectivity index (χ3v) is 4.41. The first kappa shape index (κ1) is 25.3. The van der Waals surface area contributed by atoms with E-state index in [1.165, 1.54) is 4.90 Å². The minimum absolute atomic E-state index is 0. The van der Waals surface area contributed by atoms with Crippen LogP contribution in [0, 0.1) is 5.92 Å². The van der Waals surface area contributed by atoms with Crippen molar-refractivity contribution in [2.24, 2.45) is 10.9 Å². The molecule has 8 nitrogen and oxygen atoms in total. The first-order valence-electron chi connectivity index (χ1n) is 9.59. The number of halogens is 1. The topological polar surface area (TPSA) is 84.4 Å². The van der Waals surface area contributed by atoms with Gasteiger partial charge in [0.25, 0.3) is 0 Å². The van der Waals surface area contributed by atoms with Gasteiger partial charge < -0.3 is 29.7 Å². The number of carbonyl (C=O) groups excluding carboxylic acids is 1. The fourth-order valence-electron chi connectivity index (χ4n) is 2.66. The largest absolute Gasteiger partial charge is 0.493 e. The SMILES string of the molecule is COc1ccccc1OC(C)CNC(=NCC(=O)N(C)C)NCC1CCOC1.I. The quantitative estimate of drug-likeness (QED) is 0.293. The lowest BCUT2D eigenvalue weighted by atomic mass is 10.1. The van der Waals surface area contributed by atoms with Crippen LogP contribution in [0.1, 0.15) is 13.3 Å². The maximum absolute atomic E-state index is 11.9. The summed E-state index contributed by atoms with van der Waals surface area (Å²) in [6.45, 7) is 4.89. The predicted octanol–water partition coefficient (Wildman–Crippen LogP) is 1.74. The highest BCUT2D eigenvalue weighted by Gasteiger charge is 2.16. The molecule has 1 aromatic carbocycles. The molecule has 0 saturated carbocycles. The van der Waals surface area contributed by atoms with E-state index < -0.39 is 0 Å². The van der Waals surface area contributed by atoms with Crippen LogP contribution in [0.5, 0.6) is 11.5 Å². The summed E-state index contributed by atoms with van der Waals surface area (Å²) in [5.74, 6) is 2.39. The second-order valence-electron chi connectivity index (χ2n) is 7.02. The van der Waals surface area contributed by atoms with E-state index in [0.717, 1.165) is 26.2 Å². The Kier molecular flexibility index (Phi) is 11.7. The predicted molar refractivity (Wildman–Crippen MR) is 124 cm³/mol. The highest BCUT2D eigenvalue weighted by molar-refractivity contribution is 14.0. The summed E-state index contributed by atoms with van der Waals surface area (Å²) in [4.78, 5) is 17.8. The maximum atomic E-state index is 11.9. The number of guanidine groups is 1. The highest BCUT2D eigenvalue weighted by Crippen LogP contribution is 2.26. The molecule has 2 rings (SSSR count). The Morgan fingerprint density at radius 3 is 2.66 bits per heavy atom. The normalized spacial score (nSPS) is 17.1. The van der Waals surface area contributed by atoms with Crippen LogP contribution < -0.4 is 20.1 Å². The van der Waals surface area contributed by atoms with Crippen LogP contribution in [0.15, 0.2) is 29.3 Å². The van der Waals surface area contributed by atoms with E-state index in [1.54, 1.807) is 21.2 Å². The van der Waals surface area contributed by atoms with Gasteiger partial charge in [0.15, 0.2) is 17.5 Å². The van der Waals surface area contributed by atoms with Crippen molar-refractivity contribution < 1.29 is 19.0 Å². The number of rotatable bonds is 9. The average molecular weight is 520 g/mol. The van der Waals surface area contributed by atoms with Gasteiger partial charge in [-0.05, 0) is 25.5 Å². The molecule has 0 aliphatic carbocycles. The highest BCUT2D eigenvalue weighted by atomic mass is 127. The van der Waals surface area contributed by atoms with Gasteiger partial charge in [0, 0.05) is 33.2 Å². The molecular formula is C20H33IN4O4. The molecule has 0 radical (unpaired) electrons. The van der Waals surface area contributed by atoms with Crippen LogP contribution in [0.3, 0.4) is 0 Å². The zero-order valence-electron chi connectivity index (χ0n) is 17.6. The summed E-state index contributed by atoms with van der Waals surface area (Å²) in [5, 5.41) is 6.56. The summed E-state index contributed by atoms with van der Waals surface area (Å²) >= 11 is 0. The van der Waals surface area contributed by atoms with E-state index in [9.17, 15) is 4.79 Å². The molecule has 29 heavy (non-hydrogen) atoms. The second kappa shape index (κ2) is 13.5. The average Bonchev–Trinajstić information content (AvgIpc) is 3.21. The summed E-state index contributed by atoms with van der Waals surface area (Å²) in [5.41, 5.74) is 0. The zero-order chi connectivity index (χ0) is 20.4. The number of benzene rings is 1. The Balaban J connectivity index is 0.00000420. The van der Waals surface area contributed by atoms with Crippen molar-refractivity contribution in [2.45, 2.75) is 19.4 Å². The van der Waals surface area contributed by atoms with Gasteiger partial charge in [-0.2, -0.15) is 0 Å². The molecule has 1 amide bonds. The molecule has 164 valence electrons. The number of nitrogens with zero attached hydrogens (tertiary/aromatic N) is 2. The minimum atomic E-state index is -0.123. The number of ether oxygens (including phenoxy) is 3. The van der Waals surface area contributed by atoms with Gasteiger partial charge in [0.1, 0.15) is 12.6 Å². The van der Waals surface area contributed by atoms with Crippen LogP contribution in [-0.4, -0.2) is 76.9 Å². The van der Waals surface area contributed by atoms with Crippen LogP contribution >= 0.6 is 24.0 Å². The summed E-state index contributed by atoms with van der Waals surface area (Å²) < 4.78 is 16.7. The molecule has 2 atom stereocenters. The molecule has 1 aliphatic rings. The number of para-hydroxylation sites is 2. The van der Waals surface area contributed by atoms with Crippen LogP contribution in [0.2, 0.25) is 0 Å². The first-order valence-corrected chi connectivity index (χ1v) is 9.59. The molecule has 9 heteroatoms. The number of hydrogen-bond acceptors (Lipinski definition) is 5. The van der Waals surface area contributed by atoms with Crippen LogP contribution in [0.4, 0.5) is 0 Å². The molecule has 0 aromatic heterocycles. The van der Waals surface area contributed by atoms with Crippen molar-refractivity contribution in [2.75, 3.05) is 54.1 Å². The lowest BCUT2D eigenvalue weighted by Crippen LogP contribution is -2.44. The number of amides is 1. The molecule has 1 saturated heterocycles. The van der Waals surface area contributed by atoms with E-state index in [0.29, 0.717) is 29.9 Å². The van der Waals surface area contributed by atoms with Gasteiger partial charge in [0.2, 0.25) is 5.91 Å². The number of likely N-dealkylation sites (N-methyl/N-ethyl adjacent to an activating group) is 1. The smallest absolute Gasteiger partial charge is 0.243 e. The Morgan fingerprint density at radius 1 is 1.31 bits per heavy atom. The molecule has 1 aromatic rings. The standard InChI is InChI=1S/C20H32N4O4.HI/c1-15(28-18-8-6-5-7-17(18)26-4)11-21-20(23-13-19(25)24(2)3)22-12-16-9-10-27-14-16;/h5-8,15-16H,9-14H2,1-4H3,(H2,21,22,23);1H. The Morgan fingerprint density at radius 2 is 2.03 bits per heavy atom. The molecule has 0 spiro atoms. The number of methoxy groups -OCH3 is 1. The zero-order valence-corrected chi connectivity index (χ0v) is 20.0. The minimum Gasteiger partial charge on any atom is -0.493 e. The van der Waals surface area contributed by atoms with Crippen molar-refractivity contribution in [1.29, 1.82) is 0 Å². The van der Waals surface area contributed by atoms with Gasteiger partial charge in [0.05, 0.1) is 20.3 Å². The van der Waals surface area contributed by atoms with Crippen LogP contribution in [0.25, 0.3) is 0 Å². The lowest BCUT2D eigenvalue weighted by Gasteiger charge is -2.20. The van der Waals surface area contributed by atoms with E-state index in [-0.39, 0.29) is 42.5 Å². The number of hydrogen-bond donors (Lipinski definition) is 2. The summed E-state index contributed by atoms with van der Waals surface area (Å²) in [7, 11) is 5.06. The van der Waals surface area contributed by atoms with Gasteiger partial charge in [-0.25, -0.2) is 4.99 Å². The Bertz CT molecular complexity index is 651. The molecule has 1 fully saturated rings. The van der Waals surface area contributed by atoms with E-state index in [4.69, 9.17) is 14.2 Å². The molecule has 0 bridgehead atoms. The Labute approximate surface area is 190 Å². The third-order valence-electron chi connectivity index (χ3n) is 4.41. The fraction of sp³-hybridized carbons (Fsp3) is 0.600. The lowest BCUT2D eigenvalue weighted by molar-refractivity contribution is -0.127. The van der Waals surface area contributed by atoms with Crippen molar-refractivity contribution in [3.05, 3.63) is 24.3 Å². The first-order chi connectivity index (χ1) is 13.5. The van der Waals surface area contributed by atoms with Gasteiger partial charge >= 0.3 is 0 Å². The van der Waals surface area contributed by atoms with E-state index in [2.05, 4.69) is 15.6 Å². The molecule has 1 aliphatic heterocycles. The van der Waals surface area contributed by atoms with Crippen molar-refractivity contribution in [3.8, 4) is 11.5 Å². The van der Waals surface area contributed by atoms with Gasteiger partial charge in [-0.1, -0.05) is 12.1 Å². The van der Waals surface area contributed by atoms with E-state index >= 15 is 0 Å². The number of aliphatic imine (C=N–C) groups is 1. The molecule has 2 N–H and O–H groups in total. The molecule has 2 unspecified atom stereocenters. The monoisotopic (exact) mass is 520 g/mol.